The summed E-state index contributed by atoms with van der Waals surface area (Å²) < 4.78 is 28.3. The maximum Gasteiger partial charge on any atom is 0.158 e. The molecule has 0 saturated carbocycles. The summed E-state index contributed by atoms with van der Waals surface area (Å²) in [6, 6.07) is 0. The van der Waals surface area contributed by atoms with Gasteiger partial charge in [-0.2, -0.15) is 0 Å². The van der Waals surface area contributed by atoms with E-state index in [1.807, 2.05) is 32.1 Å². The van der Waals surface area contributed by atoms with Crippen molar-refractivity contribution in [2.75, 3.05) is 21.3 Å². The zero-order valence-electron chi connectivity index (χ0n) is 19.0. The molecule has 0 bridgehead atoms. The van der Waals surface area contributed by atoms with Crippen LogP contribution in [0, 0.1) is 11.8 Å². The summed E-state index contributed by atoms with van der Waals surface area (Å²) in [6.07, 6.45) is 8.00. The molecule has 0 amide bonds. The minimum absolute atomic E-state index is 0.0129. The molecule has 0 spiro atoms. The lowest BCUT2D eigenvalue weighted by Gasteiger charge is -2.35. The Bertz CT molecular complexity index is 543. The van der Waals surface area contributed by atoms with Crippen molar-refractivity contribution in [3.05, 3.63) is 23.8 Å². The van der Waals surface area contributed by atoms with Crippen molar-refractivity contribution in [3.8, 4) is 0 Å². The van der Waals surface area contributed by atoms with Crippen LogP contribution >= 0.6 is 0 Å². The van der Waals surface area contributed by atoms with Crippen LogP contribution in [0.5, 0.6) is 0 Å². The summed E-state index contributed by atoms with van der Waals surface area (Å²) in [5.41, 5.74) is 1.08. The molecule has 2 rings (SSSR count). The third-order valence-electron chi connectivity index (χ3n) is 6.36. The second-order valence-electron chi connectivity index (χ2n) is 8.33. The number of allylic oxidation sites excluding steroid dienone is 2. The van der Waals surface area contributed by atoms with E-state index in [2.05, 4.69) is 13.8 Å². The van der Waals surface area contributed by atoms with E-state index in [0.717, 1.165) is 24.8 Å². The summed E-state index contributed by atoms with van der Waals surface area (Å²) in [6.45, 7) is 8.29. The number of epoxide rings is 1. The average molecular weight is 413 g/mol. The van der Waals surface area contributed by atoms with Crippen LogP contribution in [-0.4, -0.2) is 69.3 Å². The van der Waals surface area contributed by atoms with Crippen LogP contribution < -0.4 is 0 Å². The predicted molar refractivity (Wildman–Crippen MR) is 113 cm³/mol. The lowest BCUT2D eigenvalue weighted by atomic mass is 9.91. The first-order valence-electron chi connectivity index (χ1n) is 10.8. The predicted octanol–water partition coefficient (Wildman–Crippen LogP) is 3.48. The van der Waals surface area contributed by atoms with E-state index < -0.39 is 6.10 Å². The highest BCUT2D eigenvalue weighted by Crippen LogP contribution is 2.37. The van der Waals surface area contributed by atoms with Crippen LogP contribution in [0.1, 0.15) is 47.0 Å². The first kappa shape index (κ1) is 24.5. The molecule has 168 valence electrons. The summed E-state index contributed by atoms with van der Waals surface area (Å²) >= 11 is 0. The lowest BCUT2D eigenvalue weighted by molar-refractivity contribution is -0.205. The Morgan fingerprint density at radius 3 is 2.41 bits per heavy atom. The quantitative estimate of drug-likeness (QED) is 0.414. The SMILES string of the molecule is CC[C@H](OC)[C@@H](C)[C@@H]1O[C@H]1[C@H](O)[C@@H](C)/C=C/C=C(\C)[C@@H]1O[C@H](OC)CC[C@@H]1OC. The molecule has 2 aliphatic heterocycles. The number of methoxy groups -OCH3 is 3. The van der Waals surface area contributed by atoms with Gasteiger partial charge in [-0.05, 0) is 25.3 Å². The Morgan fingerprint density at radius 1 is 1.10 bits per heavy atom. The van der Waals surface area contributed by atoms with Crippen LogP contribution in [0.4, 0.5) is 0 Å². The van der Waals surface area contributed by atoms with Crippen LogP contribution in [0.25, 0.3) is 0 Å². The van der Waals surface area contributed by atoms with E-state index in [-0.39, 0.29) is 48.6 Å². The molecule has 9 atom stereocenters. The maximum absolute atomic E-state index is 10.7. The average Bonchev–Trinajstić information content (AvgIpc) is 3.54. The topological polar surface area (TPSA) is 69.7 Å². The van der Waals surface area contributed by atoms with E-state index >= 15 is 0 Å². The Balaban J connectivity index is 1.90. The summed E-state index contributed by atoms with van der Waals surface area (Å²) in [4.78, 5) is 0. The van der Waals surface area contributed by atoms with E-state index in [0.29, 0.717) is 0 Å². The van der Waals surface area contributed by atoms with Crippen molar-refractivity contribution in [3.63, 3.8) is 0 Å². The monoisotopic (exact) mass is 412 g/mol. The largest absolute Gasteiger partial charge is 0.390 e. The molecule has 0 aromatic carbocycles. The lowest BCUT2D eigenvalue weighted by Crippen LogP contribution is -2.41. The van der Waals surface area contributed by atoms with E-state index in [4.69, 9.17) is 23.7 Å². The van der Waals surface area contributed by atoms with Crippen LogP contribution in [0.3, 0.4) is 0 Å². The minimum Gasteiger partial charge on any atom is -0.390 e. The first-order chi connectivity index (χ1) is 13.9. The van der Waals surface area contributed by atoms with Crippen LogP contribution in [-0.2, 0) is 23.7 Å². The van der Waals surface area contributed by atoms with Gasteiger partial charge in [-0.25, -0.2) is 0 Å². The molecule has 6 heteroatoms. The minimum atomic E-state index is -0.530. The molecular formula is C23H40O6. The maximum atomic E-state index is 10.7. The van der Waals surface area contributed by atoms with Crippen LogP contribution in [0.2, 0.25) is 0 Å². The summed E-state index contributed by atoms with van der Waals surface area (Å²) in [5.74, 6) is 0.257. The third kappa shape index (κ3) is 6.36. The summed E-state index contributed by atoms with van der Waals surface area (Å²) in [5, 5.41) is 10.7. The molecule has 1 N–H and O–H groups in total. The van der Waals surface area contributed by atoms with Gasteiger partial charge in [0.25, 0.3) is 0 Å². The molecular weight excluding hydrogens is 372 g/mol. The highest BCUT2D eigenvalue weighted by atomic mass is 16.7. The zero-order chi connectivity index (χ0) is 21.6. The standard InChI is InChI=1S/C23H40O6/c1-8-17(25-5)16(4)22-23(29-22)20(24)14(2)10-9-11-15(3)21-18(26-6)12-13-19(27-7)28-21/h9-11,14,16-24H,8,12-13H2,1-7H3/b10-9+,15-11+/t14-,16+,17-,18-,19-,20+,21-,22-,23-/m0/s1. The van der Waals surface area contributed by atoms with Gasteiger partial charge in [0, 0.05) is 39.6 Å². The Kier molecular flexibility index (Phi) is 9.79. The van der Waals surface area contributed by atoms with E-state index in [9.17, 15) is 5.11 Å². The number of aliphatic hydroxyl groups excluding tert-OH is 1. The van der Waals surface area contributed by atoms with E-state index in [1.165, 1.54) is 0 Å². The van der Waals surface area contributed by atoms with Gasteiger partial charge in [-0.15, -0.1) is 0 Å². The van der Waals surface area contributed by atoms with Gasteiger partial charge in [0.2, 0.25) is 0 Å². The fourth-order valence-electron chi connectivity index (χ4n) is 4.28. The van der Waals surface area contributed by atoms with Gasteiger partial charge in [0.15, 0.2) is 6.29 Å². The fourth-order valence-corrected chi connectivity index (χ4v) is 4.28. The Labute approximate surface area is 176 Å². The molecule has 2 fully saturated rings. The molecule has 0 unspecified atom stereocenters. The van der Waals surface area contributed by atoms with Gasteiger partial charge in [-0.1, -0.05) is 39.0 Å². The van der Waals surface area contributed by atoms with Crippen molar-refractivity contribution in [1.29, 1.82) is 0 Å². The smallest absolute Gasteiger partial charge is 0.158 e. The van der Waals surface area contributed by atoms with Gasteiger partial charge < -0.3 is 28.8 Å². The number of ether oxygens (including phenoxy) is 5. The second-order valence-corrected chi connectivity index (χ2v) is 8.33. The number of rotatable bonds is 11. The van der Waals surface area contributed by atoms with Crippen molar-refractivity contribution in [2.45, 2.75) is 89.9 Å². The Hall–Kier alpha value is -0.760. The molecule has 0 aromatic heterocycles. The molecule has 6 nitrogen and oxygen atoms in total. The highest BCUT2D eigenvalue weighted by Gasteiger charge is 2.50. The number of aliphatic hydroxyl groups is 1. The summed E-state index contributed by atoms with van der Waals surface area (Å²) in [7, 11) is 5.12. The fraction of sp³-hybridized carbons (Fsp3) is 0.826. The van der Waals surface area contributed by atoms with Crippen LogP contribution in [0.15, 0.2) is 23.8 Å². The van der Waals surface area contributed by atoms with Crippen molar-refractivity contribution in [1.82, 2.24) is 0 Å². The molecule has 29 heavy (non-hydrogen) atoms. The zero-order valence-corrected chi connectivity index (χ0v) is 19.0. The molecule has 2 aliphatic rings. The Morgan fingerprint density at radius 2 is 1.83 bits per heavy atom. The second kappa shape index (κ2) is 11.6. The molecule has 0 radical (unpaired) electrons. The number of hydrogen-bond donors (Lipinski definition) is 1. The van der Waals surface area contributed by atoms with Gasteiger partial charge in [-0.3, -0.25) is 0 Å². The highest BCUT2D eigenvalue weighted by molar-refractivity contribution is 5.18. The molecule has 2 heterocycles. The number of hydrogen-bond acceptors (Lipinski definition) is 6. The van der Waals surface area contributed by atoms with Crippen molar-refractivity contribution < 1.29 is 28.8 Å². The molecule has 0 aliphatic carbocycles. The van der Waals surface area contributed by atoms with Crippen molar-refractivity contribution in [2.24, 2.45) is 11.8 Å². The first-order valence-corrected chi connectivity index (χ1v) is 10.8. The van der Waals surface area contributed by atoms with E-state index in [1.54, 1.807) is 21.3 Å². The van der Waals surface area contributed by atoms with Gasteiger partial charge >= 0.3 is 0 Å². The molecule has 2 saturated heterocycles. The van der Waals surface area contributed by atoms with Gasteiger partial charge in [0.1, 0.15) is 12.2 Å². The third-order valence-corrected chi connectivity index (χ3v) is 6.36. The molecule has 0 aromatic rings. The van der Waals surface area contributed by atoms with Gasteiger partial charge in [0.05, 0.1) is 24.4 Å². The normalized spacial score (nSPS) is 34.8. The van der Waals surface area contributed by atoms with Crippen molar-refractivity contribution >= 4 is 0 Å².